The maximum Gasteiger partial charge on any atom is 0.0933 e. The van der Waals surface area contributed by atoms with E-state index in [9.17, 15) is 0 Å². The summed E-state index contributed by atoms with van der Waals surface area (Å²) < 4.78 is 0. The van der Waals surface area contributed by atoms with E-state index in [1.165, 1.54) is 6.08 Å². The van der Waals surface area contributed by atoms with Crippen LogP contribution < -0.4 is 5.73 Å². The third-order valence-electron chi connectivity index (χ3n) is 1.57. The van der Waals surface area contributed by atoms with Crippen LogP contribution in [0, 0.1) is 18.3 Å². The number of nitrogens with two attached hydrogens (primary N) is 1. The smallest absolute Gasteiger partial charge is 0.0933 e. The zero-order valence-electron chi connectivity index (χ0n) is 6.91. The van der Waals surface area contributed by atoms with Gasteiger partial charge in [-0.05, 0) is 18.6 Å². The normalized spacial score (nSPS) is 10.8. The van der Waals surface area contributed by atoms with Crippen LogP contribution in [-0.4, -0.2) is 0 Å². The zero-order chi connectivity index (χ0) is 8.97. The Morgan fingerprint density at radius 2 is 2.33 bits per heavy atom. The highest BCUT2D eigenvalue weighted by Crippen LogP contribution is 2.09. The van der Waals surface area contributed by atoms with E-state index in [0.717, 1.165) is 11.1 Å². The SMILES string of the molecule is Cc1cccc(/C(N)=C/C#N)c1. The lowest BCUT2D eigenvalue weighted by atomic mass is 10.1. The van der Waals surface area contributed by atoms with Crippen molar-refractivity contribution in [3.63, 3.8) is 0 Å². The third-order valence-corrected chi connectivity index (χ3v) is 1.57. The molecule has 0 amide bonds. The maximum atomic E-state index is 8.36. The molecule has 1 aromatic carbocycles. The second-order valence-electron chi connectivity index (χ2n) is 2.60. The van der Waals surface area contributed by atoms with Gasteiger partial charge in [-0.2, -0.15) is 5.26 Å². The van der Waals surface area contributed by atoms with Crippen LogP contribution in [0.3, 0.4) is 0 Å². The van der Waals surface area contributed by atoms with E-state index in [1.54, 1.807) is 0 Å². The Morgan fingerprint density at radius 3 is 2.92 bits per heavy atom. The zero-order valence-corrected chi connectivity index (χ0v) is 6.91. The summed E-state index contributed by atoms with van der Waals surface area (Å²) >= 11 is 0. The summed E-state index contributed by atoms with van der Waals surface area (Å²) in [6, 6.07) is 9.64. The van der Waals surface area contributed by atoms with Crippen LogP contribution >= 0.6 is 0 Å². The highest BCUT2D eigenvalue weighted by atomic mass is 14.6. The van der Waals surface area contributed by atoms with Crippen molar-refractivity contribution < 1.29 is 0 Å². The number of nitriles is 1. The van der Waals surface area contributed by atoms with E-state index in [4.69, 9.17) is 11.0 Å². The number of rotatable bonds is 1. The van der Waals surface area contributed by atoms with Crippen molar-refractivity contribution in [3.05, 3.63) is 41.5 Å². The van der Waals surface area contributed by atoms with Gasteiger partial charge in [-0.1, -0.05) is 23.8 Å². The minimum absolute atomic E-state index is 0.515. The van der Waals surface area contributed by atoms with Crippen molar-refractivity contribution in [2.24, 2.45) is 5.73 Å². The standard InChI is InChI=1S/C10H10N2/c1-8-3-2-4-9(7-8)10(12)5-6-11/h2-5,7H,12H2,1H3/b10-5-. The molecule has 0 aliphatic heterocycles. The number of hydrogen-bond donors (Lipinski definition) is 1. The molecule has 0 radical (unpaired) electrons. The van der Waals surface area contributed by atoms with Gasteiger partial charge in [0.2, 0.25) is 0 Å². The Kier molecular flexibility index (Phi) is 2.49. The summed E-state index contributed by atoms with van der Waals surface area (Å²) in [5.74, 6) is 0. The second-order valence-corrected chi connectivity index (χ2v) is 2.60. The fourth-order valence-electron chi connectivity index (χ4n) is 0.978. The molecule has 0 saturated heterocycles. The molecule has 0 aromatic heterocycles. The fourth-order valence-corrected chi connectivity index (χ4v) is 0.978. The molecule has 60 valence electrons. The van der Waals surface area contributed by atoms with Crippen LogP contribution in [0.25, 0.3) is 5.70 Å². The molecule has 0 bridgehead atoms. The van der Waals surface area contributed by atoms with Crippen molar-refractivity contribution in [1.82, 2.24) is 0 Å². The van der Waals surface area contributed by atoms with Gasteiger partial charge in [-0.3, -0.25) is 0 Å². The maximum absolute atomic E-state index is 8.36. The number of benzene rings is 1. The van der Waals surface area contributed by atoms with Crippen molar-refractivity contribution in [2.45, 2.75) is 6.92 Å². The summed E-state index contributed by atoms with van der Waals surface area (Å²) in [4.78, 5) is 0. The molecule has 0 aliphatic carbocycles. The van der Waals surface area contributed by atoms with E-state index in [1.807, 2.05) is 37.3 Å². The Labute approximate surface area is 71.9 Å². The summed E-state index contributed by atoms with van der Waals surface area (Å²) in [6.45, 7) is 1.99. The van der Waals surface area contributed by atoms with Crippen LogP contribution in [0.4, 0.5) is 0 Å². The molecule has 0 atom stereocenters. The third kappa shape index (κ3) is 1.86. The molecule has 0 saturated carbocycles. The topological polar surface area (TPSA) is 49.8 Å². The van der Waals surface area contributed by atoms with E-state index < -0.39 is 0 Å². The number of allylic oxidation sites excluding steroid dienone is 1. The molecule has 0 aliphatic rings. The molecule has 2 heteroatoms. The van der Waals surface area contributed by atoms with Gasteiger partial charge in [0.05, 0.1) is 6.07 Å². The molecule has 1 rings (SSSR count). The molecular formula is C10H10N2. The van der Waals surface area contributed by atoms with Gasteiger partial charge < -0.3 is 5.73 Å². The highest BCUT2D eigenvalue weighted by molar-refractivity contribution is 5.65. The Bertz CT molecular complexity index is 345. The van der Waals surface area contributed by atoms with E-state index in [2.05, 4.69) is 0 Å². The monoisotopic (exact) mass is 158 g/mol. The van der Waals surface area contributed by atoms with Gasteiger partial charge in [0.1, 0.15) is 0 Å². The fraction of sp³-hybridized carbons (Fsp3) is 0.100. The molecule has 1 aromatic rings. The molecule has 12 heavy (non-hydrogen) atoms. The van der Waals surface area contributed by atoms with Gasteiger partial charge in [0.15, 0.2) is 0 Å². The van der Waals surface area contributed by atoms with Crippen LogP contribution in [0.5, 0.6) is 0 Å². The van der Waals surface area contributed by atoms with Crippen LogP contribution in [0.15, 0.2) is 30.3 Å². The van der Waals surface area contributed by atoms with Crippen LogP contribution in [0.2, 0.25) is 0 Å². The number of aryl methyl sites for hydroxylation is 1. The molecule has 0 fully saturated rings. The Balaban J connectivity index is 3.05. The lowest BCUT2D eigenvalue weighted by Crippen LogP contribution is -1.95. The molecular weight excluding hydrogens is 148 g/mol. The van der Waals surface area contributed by atoms with Crippen LogP contribution in [0.1, 0.15) is 11.1 Å². The van der Waals surface area contributed by atoms with Crippen molar-refractivity contribution in [3.8, 4) is 6.07 Å². The summed E-state index contributed by atoms with van der Waals surface area (Å²) in [7, 11) is 0. The average molecular weight is 158 g/mol. The molecule has 2 nitrogen and oxygen atoms in total. The quantitative estimate of drug-likeness (QED) is 0.634. The van der Waals surface area contributed by atoms with Crippen molar-refractivity contribution in [2.75, 3.05) is 0 Å². The minimum atomic E-state index is 0.515. The predicted molar refractivity (Wildman–Crippen MR) is 49.0 cm³/mol. The van der Waals surface area contributed by atoms with Gasteiger partial charge in [0.25, 0.3) is 0 Å². The second kappa shape index (κ2) is 3.59. The molecule has 0 spiro atoms. The molecule has 2 N–H and O–H groups in total. The Morgan fingerprint density at radius 1 is 1.58 bits per heavy atom. The van der Waals surface area contributed by atoms with E-state index in [0.29, 0.717) is 5.70 Å². The summed E-state index contributed by atoms with van der Waals surface area (Å²) in [5.41, 5.74) is 8.17. The summed E-state index contributed by atoms with van der Waals surface area (Å²) in [5, 5.41) is 8.36. The first-order valence-corrected chi connectivity index (χ1v) is 3.66. The van der Waals surface area contributed by atoms with Crippen molar-refractivity contribution in [1.29, 1.82) is 5.26 Å². The minimum Gasteiger partial charge on any atom is -0.398 e. The van der Waals surface area contributed by atoms with E-state index in [-0.39, 0.29) is 0 Å². The number of hydrogen-bond acceptors (Lipinski definition) is 2. The van der Waals surface area contributed by atoms with Crippen molar-refractivity contribution >= 4 is 5.70 Å². The van der Waals surface area contributed by atoms with E-state index >= 15 is 0 Å². The Hall–Kier alpha value is -1.75. The van der Waals surface area contributed by atoms with Gasteiger partial charge in [-0.25, -0.2) is 0 Å². The predicted octanol–water partition coefficient (Wildman–Crippen LogP) is 1.82. The van der Waals surface area contributed by atoms with Gasteiger partial charge >= 0.3 is 0 Å². The molecule has 0 heterocycles. The first-order chi connectivity index (χ1) is 5.74. The first kappa shape index (κ1) is 8.35. The number of nitrogens with zero attached hydrogens (tertiary/aromatic N) is 1. The highest BCUT2D eigenvalue weighted by Gasteiger charge is 1.94. The van der Waals surface area contributed by atoms with Gasteiger partial charge in [0, 0.05) is 11.8 Å². The lowest BCUT2D eigenvalue weighted by Gasteiger charge is -1.99. The lowest BCUT2D eigenvalue weighted by molar-refractivity contribution is 1.42. The first-order valence-electron chi connectivity index (χ1n) is 3.66. The van der Waals surface area contributed by atoms with Crippen LogP contribution in [-0.2, 0) is 0 Å². The largest absolute Gasteiger partial charge is 0.398 e. The average Bonchev–Trinajstić information content (AvgIpc) is 2.05. The van der Waals surface area contributed by atoms with Gasteiger partial charge in [-0.15, -0.1) is 0 Å². The molecule has 0 unspecified atom stereocenters. The summed E-state index contributed by atoms with van der Waals surface area (Å²) in [6.07, 6.45) is 1.34.